The maximum atomic E-state index is 7.13. The first-order chi connectivity index (χ1) is 17.9. The van der Waals surface area contributed by atoms with Gasteiger partial charge in [-0.25, -0.2) is 4.99 Å². The predicted octanol–water partition coefficient (Wildman–Crippen LogP) is 5.15. The first-order valence-electron chi connectivity index (χ1n) is 13.8. The van der Waals surface area contributed by atoms with Crippen molar-refractivity contribution in [3.63, 3.8) is 0 Å². The Hall–Kier alpha value is -1.19. The molecule has 2 spiro atoms. The number of benzene rings is 1. The van der Waals surface area contributed by atoms with Gasteiger partial charge in [0.1, 0.15) is 16.1 Å². The van der Waals surface area contributed by atoms with Gasteiger partial charge in [0, 0.05) is 53.5 Å². The third kappa shape index (κ3) is 3.22. The molecular formula is C29H39N3O3S2. The summed E-state index contributed by atoms with van der Waals surface area (Å²) in [4.78, 5) is 7.49. The molecule has 2 heterocycles. The molecule has 4 bridgehead atoms. The minimum Gasteiger partial charge on any atom is -0.493 e. The smallest absolute Gasteiger partial charge is 0.165 e. The molecule has 6 nitrogen and oxygen atoms in total. The fourth-order valence-electron chi connectivity index (χ4n) is 9.31. The van der Waals surface area contributed by atoms with Crippen molar-refractivity contribution in [3.8, 4) is 11.5 Å². The van der Waals surface area contributed by atoms with Crippen molar-refractivity contribution in [2.45, 2.75) is 75.0 Å². The van der Waals surface area contributed by atoms with E-state index in [2.05, 4.69) is 28.6 Å². The Bertz CT molecular complexity index is 1170. The van der Waals surface area contributed by atoms with Crippen LogP contribution in [0.4, 0.5) is 0 Å². The highest BCUT2D eigenvalue weighted by Gasteiger charge is 2.80. The molecule has 37 heavy (non-hydrogen) atoms. The molecule has 8 rings (SSSR count). The predicted molar refractivity (Wildman–Crippen MR) is 151 cm³/mol. The standard InChI is InChI=1S/C29H39N3O3S2/c1-17(2)31-26(37-30)36-16-20-14-27-9-10-29(20,34-4)25-28(27)11-12-32(15-18-5-6-18)22(27)13-19-7-8-21(33-3)24(35-25)23(19)28/h7-8,18,20,22,25H,1,5-6,9-16,30H2,2-4H3/t20-,22-,25-,27-,28?,29-/m1/s1. The number of nitrogens with zero attached hydrogens (tertiary/aromatic N) is 2. The van der Waals surface area contributed by atoms with Gasteiger partial charge in [-0.15, -0.1) is 0 Å². The van der Waals surface area contributed by atoms with Crippen LogP contribution in [0.2, 0.25) is 0 Å². The zero-order valence-corrected chi connectivity index (χ0v) is 23.9. The highest BCUT2D eigenvalue weighted by Crippen LogP contribution is 2.77. The SMILES string of the molecule is C=C(C)N=C(SN)SC[C@H]1C[C@@]23CC[C@]1(OC)[C@@H]1Oc4c(OC)ccc5c4C12CCN(CC1CC1)[C@@H]3C5. The molecule has 4 saturated carbocycles. The topological polar surface area (TPSA) is 69.3 Å². The molecule has 2 N–H and O–H groups in total. The Morgan fingerprint density at radius 3 is 2.81 bits per heavy atom. The van der Waals surface area contributed by atoms with Gasteiger partial charge in [-0.05, 0) is 87.9 Å². The lowest BCUT2D eigenvalue weighted by Gasteiger charge is -2.74. The normalized spacial score (nSPS) is 39.4. The molecule has 6 atom stereocenters. The molecule has 0 aromatic heterocycles. The third-order valence-electron chi connectivity index (χ3n) is 10.8. The van der Waals surface area contributed by atoms with E-state index in [4.69, 9.17) is 19.3 Å². The molecule has 5 fully saturated rings. The van der Waals surface area contributed by atoms with Gasteiger partial charge in [0.2, 0.25) is 0 Å². The minimum absolute atomic E-state index is 0.00183. The van der Waals surface area contributed by atoms with Crippen LogP contribution >= 0.6 is 23.7 Å². The number of aliphatic imine (C=N–C) groups is 1. The number of likely N-dealkylation sites (tertiary alicyclic amines) is 1. The number of fused-ring (bicyclic) bond motifs is 2. The second-order valence-corrected chi connectivity index (χ2v) is 14.2. The molecule has 0 radical (unpaired) electrons. The number of hydrogen-bond acceptors (Lipinski definition) is 8. The summed E-state index contributed by atoms with van der Waals surface area (Å²) >= 11 is 2.99. The van der Waals surface area contributed by atoms with E-state index in [0.717, 1.165) is 59.0 Å². The Balaban J connectivity index is 1.35. The van der Waals surface area contributed by atoms with Crippen molar-refractivity contribution >= 4 is 28.1 Å². The molecule has 1 aromatic carbocycles. The van der Waals surface area contributed by atoms with Crippen molar-refractivity contribution in [2.75, 3.05) is 33.1 Å². The number of rotatable bonds is 7. The second kappa shape index (κ2) is 8.65. The summed E-state index contributed by atoms with van der Waals surface area (Å²) in [7, 11) is 3.69. The van der Waals surface area contributed by atoms with Crippen LogP contribution in [0.3, 0.4) is 0 Å². The molecule has 5 aliphatic carbocycles. The molecular weight excluding hydrogens is 502 g/mol. The molecule has 7 aliphatic rings. The van der Waals surface area contributed by atoms with E-state index < -0.39 is 0 Å². The number of nitrogens with two attached hydrogens (primary N) is 1. The lowest BCUT2D eigenvalue weighted by atomic mass is 9.35. The van der Waals surface area contributed by atoms with Crippen molar-refractivity contribution < 1.29 is 14.2 Å². The summed E-state index contributed by atoms with van der Waals surface area (Å²) in [5, 5.41) is 6.00. The minimum atomic E-state index is -0.329. The molecule has 1 saturated heterocycles. The van der Waals surface area contributed by atoms with Crippen LogP contribution in [0.1, 0.15) is 56.6 Å². The molecule has 200 valence electrons. The van der Waals surface area contributed by atoms with Crippen molar-refractivity contribution in [3.05, 3.63) is 35.5 Å². The first kappa shape index (κ1) is 24.8. The van der Waals surface area contributed by atoms with Gasteiger partial charge < -0.3 is 14.2 Å². The fraction of sp³-hybridized carbons (Fsp3) is 0.690. The van der Waals surface area contributed by atoms with E-state index >= 15 is 0 Å². The average molecular weight is 542 g/mol. The number of piperidine rings is 1. The van der Waals surface area contributed by atoms with Gasteiger partial charge in [-0.1, -0.05) is 24.4 Å². The van der Waals surface area contributed by atoms with Crippen LogP contribution in [0.5, 0.6) is 11.5 Å². The van der Waals surface area contributed by atoms with Gasteiger partial charge in [-0.3, -0.25) is 10.0 Å². The van der Waals surface area contributed by atoms with E-state index in [1.54, 1.807) is 18.9 Å². The van der Waals surface area contributed by atoms with Gasteiger partial charge in [0.05, 0.1) is 7.11 Å². The zero-order chi connectivity index (χ0) is 25.6. The lowest BCUT2D eigenvalue weighted by molar-refractivity contribution is -0.273. The Morgan fingerprint density at radius 1 is 1.27 bits per heavy atom. The Kier molecular flexibility index (Phi) is 5.81. The van der Waals surface area contributed by atoms with Crippen molar-refractivity contribution in [1.82, 2.24) is 4.90 Å². The molecule has 1 unspecified atom stereocenters. The Labute approximate surface area is 229 Å². The van der Waals surface area contributed by atoms with Gasteiger partial charge in [-0.2, -0.15) is 0 Å². The number of hydrogen-bond donors (Lipinski definition) is 1. The maximum Gasteiger partial charge on any atom is 0.165 e. The van der Waals surface area contributed by atoms with E-state index in [9.17, 15) is 0 Å². The first-order valence-corrected chi connectivity index (χ1v) is 15.7. The summed E-state index contributed by atoms with van der Waals surface area (Å²) in [5.74, 6) is 4.07. The number of methoxy groups -OCH3 is 2. The number of allylic oxidation sites excluding steroid dienone is 1. The van der Waals surface area contributed by atoms with Crippen molar-refractivity contribution in [1.29, 1.82) is 0 Å². The van der Waals surface area contributed by atoms with E-state index in [1.165, 1.54) is 55.3 Å². The summed E-state index contributed by atoms with van der Waals surface area (Å²) in [6.07, 6.45) is 8.52. The second-order valence-electron chi connectivity index (χ2n) is 12.3. The van der Waals surface area contributed by atoms with Crippen LogP contribution in [-0.2, 0) is 16.6 Å². The molecule has 1 aromatic rings. The lowest BCUT2D eigenvalue weighted by Crippen LogP contribution is -2.81. The monoisotopic (exact) mass is 541 g/mol. The molecule has 8 heteroatoms. The molecule has 2 aliphatic heterocycles. The van der Waals surface area contributed by atoms with Crippen LogP contribution in [0, 0.1) is 17.3 Å². The highest BCUT2D eigenvalue weighted by molar-refractivity contribution is 8.38. The third-order valence-corrected chi connectivity index (χ3v) is 12.6. The maximum absolute atomic E-state index is 7.13. The average Bonchev–Trinajstić information content (AvgIpc) is 3.64. The van der Waals surface area contributed by atoms with Crippen LogP contribution < -0.4 is 14.6 Å². The van der Waals surface area contributed by atoms with Gasteiger partial charge in [0.15, 0.2) is 11.5 Å². The number of thioether (sulfide) groups is 1. The quantitative estimate of drug-likeness (QED) is 0.291. The largest absolute Gasteiger partial charge is 0.493 e. The summed E-state index contributed by atoms with van der Waals surface area (Å²) in [6, 6.07) is 5.03. The highest BCUT2D eigenvalue weighted by atomic mass is 32.2. The van der Waals surface area contributed by atoms with Crippen LogP contribution in [-0.4, -0.2) is 60.1 Å². The Morgan fingerprint density at radius 2 is 2.11 bits per heavy atom. The van der Waals surface area contributed by atoms with E-state index in [1.807, 2.05) is 14.0 Å². The summed E-state index contributed by atoms with van der Waals surface area (Å²) < 4.78 is 20.5. The van der Waals surface area contributed by atoms with E-state index in [-0.39, 0.29) is 22.5 Å². The van der Waals surface area contributed by atoms with Gasteiger partial charge in [0.25, 0.3) is 0 Å². The van der Waals surface area contributed by atoms with Gasteiger partial charge >= 0.3 is 0 Å². The summed E-state index contributed by atoms with van der Waals surface area (Å²) in [5.41, 5.74) is 3.61. The van der Waals surface area contributed by atoms with Crippen LogP contribution in [0.15, 0.2) is 29.4 Å². The fourth-order valence-corrected chi connectivity index (χ4v) is 11.0. The van der Waals surface area contributed by atoms with E-state index in [0.29, 0.717) is 12.0 Å². The number of ether oxygens (including phenoxy) is 3. The zero-order valence-electron chi connectivity index (χ0n) is 22.3. The summed E-state index contributed by atoms with van der Waals surface area (Å²) in [6.45, 7) is 8.31. The van der Waals surface area contributed by atoms with Crippen molar-refractivity contribution in [2.24, 2.45) is 27.4 Å². The molecule has 0 amide bonds. The van der Waals surface area contributed by atoms with Crippen LogP contribution in [0.25, 0.3) is 0 Å².